The lowest BCUT2D eigenvalue weighted by Gasteiger charge is -2.26. The van der Waals surface area contributed by atoms with E-state index in [-0.39, 0.29) is 18.2 Å². The van der Waals surface area contributed by atoms with Gasteiger partial charge in [0.25, 0.3) is 5.91 Å². The Morgan fingerprint density at radius 3 is 2.80 bits per heavy atom. The molecule has 2 aliphatic heterocycles. The van der Waals surface area contributed by atoms with Crippen LogP contribution in [0, 0.1) is 6.92 Å². The minimum Gasteiger partial charge on any atom is -0.382 e. The number of hydrogen-bond acceptors (Lipinski definition) is 5. The zero-order chi connectivity index (χ0) is 17.6. The molecule has 25 heavy (non-hydrogen) atoms. The summed E-state index contributed by atoms with van der Waals surface area (Å²) in [5.74, 6) is -0.199. The predicted molar refractivity (Wildman–Crippen MR) is 92.2 cm³/mol. The third-order valence-corrected chi connectivity index (χ3v) is 4.42. The molecule has 1 aromatic carbocycles. The fraction of sp³-hybridized carbons (Fsp3) is 0.500. The van der Waals surface area contributed by atoms with Gasteiger partial charge in [-0.05, 0) is 12.5 Å². The van der Waals surface area contributed by atoms with E-state index in [1.807, 2.05) is 31.2 Å². The SMILES string of the molecule is Cc1ccccc1C1=NO[C@@H](C(=O)NCCC(=O)N2CCOCC2)C1. The third kappa shape index (κ3) is 4.36. The average molecular weight is 345 g/mol. The van der Waals surface area contributed by atoms with Crippen molar-refractivity contribution in [3.8, 4) is 0 Å². The van der Waals surface area contributed by atoms with E-state index in [0.717, 1.165) is 16.8 Å². The Bertz CT molecular complexity index is 668. The Morgan fingerprint density at radius 1 is 1.28 bits per heavy atom. The summed E-state index contributed by atoms with van der Waals surface area (Å²) in [4.78, 5) is 31.3. The zero-order valence-corrected chi connectivity index (χ0v) is 14.4. The number of nitrogens with zero attached hydrogens (tertiary/aromatic N) is 2. The summed E-state index contributed by atoms with van der Waals surface area (Å²) in [5, 5.41) is 6.82. The lowest BCUT2D eigenvalue weighted by atomic mass is 10.0. The van der Waals surface area contributed by atoms with Crippen molar-refractivity contribution in [2.45, 2.75) is 25.9 Å². The largest absolute Gasteiger partial charge is 0.382 e. The van der Waals surface area contributed by atoms with Crippen molar-refractivity contribution in [3.63, 3.8) is 0 Å². The molecule has 0 saturated carbocycles. The van der Waals surface area contributed by atoms with Gasteiger partial charge in [-0.1, -0.05) is 29.4 Å². The average Bonchev–Trinajstić information content (AvgIpc) is 3.12. The highest BCUT2D eigenvalue weighted by molar-refractivity contribution is 6.05. The molecule has 1 aromatic rings. The molecule has 0 unspecified atom stereocenters. The number of carbonyl (C=O) groups excluding carboxylic acids is 2. The van der Waals surface area contributed by atoms with Crippen LogP contribution in [0.4, 0.5) is 0 Å². The number of ether oxygens (including phenoxy) is 1. The maximum Gasteiger partial charge on any atom is 0.264 e. The van der Waals surface area contributed by atoms with E-state index in [9.17, 15) is 9.59 Å². The molecule has 2 amide bonds. The zero-order valence-electron chi connectivity index (χ0n) is 14.4. The number of rotatable bonds is 5. The van der Waals surface area contributed by atoms with E-state index in [1.54, 1.807) is 4.90 Å². The number of amides is 2. The quantitative estimate of drug-likeness (QED) is 0.858. The number of aryl methyl sites for hydroxylation is 1. The molecule has 0 aromatic heterocycles. The molecule has 7 heteroatoms. The molecule has 1 saturated heterocycles. The van der Waals surface area contributed by atoms with E-state index < -0.39 is 6.10 Å². The maximum absolute atomic E-state index is 12.2. The normalized spacial score (nSPS) is 20.0. The van der Waals surface area contributed by atoms with E-state index >= 15 is 0 Å². The van der Waals surface area contributed by atoms with Crippen molar-refractivity contribution in [1.29, 1.82) is 0 Å². The van der Waals surface area contributed by atoms with E-state index in [1.165, 1.54) is 0 Å². The molecule has 134 valence electrons. The van der Waals surface area contributed by atoms with E-state index in [2.05, 4.69) is 10.5 Å². The van der Waals surface area contributed by atoms with Gasteiger partial charge in [0.15, 0.2) is 0 Å². The standard InChI is InChI=1S/C18H23N3O4/c1-13-4-2-3-5-14(13)15-12-16(25-20-15)18(23)19-7-6-17(22)21-8-10-24-11-9-21/h2-5,16H,6-12H2,1H3,(H,19,23)/t16-/m1/s1. The molecule has 2 aliphatic rings. The fourth-order valence-electron chi connectivity index (χ4n) is 2.95. The molecule has 0 spiro atoms. The Hall–Kier alpha value is -2.41. The summed E-state index contributed by atoms with van der Waals surface area (Å²) in [7, 11) is 0. The molecule has 1 N–H and O–H groups in total. The highest BCUT2D eigenvalue weighted by Gasteiger charge is 2.29. The topological polar surface area (TPSA) is 80.2 Å². The monoisotopic (exact) mass is 345 g/mol. The third-order valence-electron chi connectivity index (χ3n) is 4.42. The molecule has 2 heterocycles. The van der Waals surface area contributed by atoms with Gasteiger partial charge >= 0.3 is 0 Å². The van der Waals surface area contributed by atoms with Crippen LogP contribution in [0.1, 0.15) is 24.0 Å². The predicted octanol–water partition coefficient (Wildman–Crippen LogP) is 0.853. The van der Waals surface area contributed by atoms with Gasteiger partial charge in [0.2, 0.25) is 12.0 Å². The van der Waals surface area contributed by atoms with Gasteiger partial charge in [-0.25, -0.2) is 0 Å². The van der Waals surface area contributed by atoms with Crippen molar-refractivity contribution in [3.05, 3.63) is 35.4 Å². The number of oxime groups is 1. The van der Waals surface area contributed by atoms with Crippen molar-refractivity contribution in [1.82, 2.24) is 10.2 Å². The van der Waals surface area contributed by atoms with Gasteiger partial charge in [-0.3, -0.25) is 9.59 Å². The molecule has 0 radical (unpaired) electrons. The lowest BCUT2D eigenvalue weighted by molar-refractivity contribution is -0.135. The van der Waals surface area contributed by atoms with E-state index in [4.69, 9.17) is 9.57 Å². The number of hydrogen-bond donors (Lipinski definition) is 1. The van der Waals surface area contributed by atoms with Crippen LogP contribution in [0.25, 0.3) is 0 Å². The summed E-state index contributed by atoms with van der Waals surface area (Å²) < 4.78 is 5.22. The second-order valence-electron chi connectivity index (χ2n) is 6.19. The van der Waals surface area contributed by atoms with Crippen LogP contribution >= 0.6 is 0 Å². The number of nitrogens with one attached hydrogen (secondary N) is 1. The smallest absolute Gasteiger partial charge is 0.264 e. The molecule has 7 nitrogen and oxygen atoms in total. The first-order valence-electron chi connectivity index (χ1n) is 8.57. The molecule has 1 fully saturated rings. The molecule has 3 rings (SSSR count). The minimum absolute atomic E-state index is 0.0350. The van der Waals surface area contributed by atoms with Crippen LogP contribution in [0.15, 0.2) is 29.4 Å². The first kappa shape index (κ1) is 17.4. The Kier molecular flexibility index (Phi) is 5.65. The summed E-state index contributed by atoms with van der Waals surface area (Å²) in [6.07, 6.45) is 0.0889. The van der Waals surface area contributed by atoms with Gasteiger partial charge < -0.3 is 19.8 Å². The second-order valence-corrected chi connectivity index (χ2v) is 6.19. The second kappa shape index (κ2) is 8.11. The van der Waals surface area contributed by atoms with Gasteiger partial charge in [0.1, 0.15) is 0 Å². The van der Waals surface area contributed by atoms with Crippen LogP contribution in [0.2, 0.25) is 0 Å². The molecule has 0 bridgehead atoms. The van der Waals surface area contributed by atoms with Crippen LogP contribution < -0.4 is 5.32 Å². The summed E-state index contributed by atoms with van der Waals surface area (Å²) in [6.45, 7) is 4.69. The Morgan fingerprint density at radius 2 is 2.04 bits per heavy atom. The van der Waals surface area contributed by atoms with Crippen LogP contribution in [-0.4, -0.2) is 61.4 Å². The Balaban J connectivity index is 1.42. The first-order valence-corrected chi connectivity index (χ1v) is 8.57. The molecular weight excluding hydrogens is 322 g/mol. The van der Waals surface area contributed by atoms with Gasteiger partial charge in [0, 0.05) is 38.0 Å². The van der Waals surface area contributed by atoms with Crippen molar-refractivity contribution >= 4 is 17.5 Å². The van der Waals surface area contributed by atoms with Crippen molar-refractivity contribution in [2.75, 3.05) is 32.8 Å². The lowest BCUT2D eigenvalue weighted by Crippen LogP contribution is -2.42. The maximum atomic E-state index is 12.2. The van der Waals surface area contributed by atoms with Gasteiger partial charge in [0.05, 0.1) is 18.9 Å². The van der Waals surface area contributed by atoms with Crippen LogP contribution in [0.3, 0.4) is 0 Å². The summed E-state index contributed by atoms with van der Waals surface area (Å²) >= 11 is 0. The van der Waals surface area contributed by atoms with Crippen LogP contribution in [-0.2, 0) is 19.2 Å². The first-order chi connectivity index (χ1) is 12.1. The van der Waals surface area contributed by atoms with Crippen LogP contribution in [0.5, 0.6) is 0 Å². The highest BCUT2D eigenvalue weighted by Crippen LogP contribution is 2.19. The Labute approximate surface area is 147 Å². The molecule has 1 atom stereocenters. The number of benzene rings is 1. The fourth-order valence-corrected chi connectivity index (χ4v) is 2.95. The summed E-state index contributed by atoms with van der Waals surface area (Å²) in [5.41, 5.74) is 2.88. The number of carbonyl (C=O) groups is 2. The summed E-state index contributed by atoms with van der Waals surface area (Å²) in [6, 6.07) is 7.88. The van der Waals surface area contributed by atoms with E-state index in [0.29, 0.717) is 39.3 Å². The van der Waals surface area contributed by atoms with Gasteiger partial charge in [-0.15, -0.1) is 0 Å². The minimum atomic E-state index is -0.631. The molecule has 0 aliphatic carbocycles. The van der Waals surface area contributed by atoms with Crippen molar-refractivity contribution in [2.24, 2.45) is 5.16 Å². The molecular formula is C18H23N3O4. The highest BCUT2D eigenvalue weighted by atomic mass is 16.6. The number of morpholine rings is 1. The van der Waals surface area contributed by atoms with Gasteiger partial charge in [-0.2, -0.15) is 0 Å². The van der Waals surface area contributed by atoms with Crippen molar-refractivity contribution < 1.29 is 19.2 Å².